The van der Waals surface area contributed by atoms with Crippen molar-refractivity contribution in [1.29, 1.82) is 0 Å². The summed E-state index contributed by atoms with van der Waals surface area (Å²) in [7, 11) is -1.72. The van der Waals surface area contributed by atoms with Gasteiger partial charge in [-0.05, 0) is 25.1 Å². The summed E-state index contributed by atoms with van der Waals surface area (Å²) in [6.45, 7) is 13.3. The molecule has 0 aromatic carbocycles. The lowest BCUT2D eigenvalue weighted by atomic mass is 10.2. The molecule has 0 radical (unpaired) electrons. The van der Waals surface area contributed by atoms with E-state index < -0.39 is 8.32 Å². The first-order valence-corrected chi connectivity index (χ1v) is 8.58. The maximum Gasteiger partial charge on any atom is 0.192 e. The molecular weight excluding hydrogens is 216 g/mol. The van der Waals surface area contributed by atoms with Gasteiger partial charge in [-0.1, -0.05) is 20.8 Å². The second kappa shape index (κ2) is 4.63. The van der Waals surface area contributed by atoms with Crippen LogP contribution in [0.1, 0.15) is 39.5 Å². The van der Waals surface area contributed by atoms with Gasteiger partial charge in [0.15, 0.2) is 8.32 Å². The van der Waals surface area contributed by atoms with Crippen LogP contribution in [0, 0.1) is 0 Å². The van der Waals surface area contributed by atoms with Crippen LogP contribution in [0.2, 0.25) is 18.1 Å². The predicted octanol–water partition coefficient (Wildman–Crippen LogP) is 3.56. The average molecular weight is 238 g/mol. The zero-order chi connectivity index (χ0) is 12.4. The molecule has 0 bridgehead atoms. The molecule has 0 aliphatic carbocycles. The highest BCUT2D eigenvalue weighted by Gasteiger charge is 2.38. The molecule has 4 heteroatoms. The molecule has 0 N–H and O–H groups in total. The molecule has 1 rings (SSSR count). The van der Waals surface area contributed by atoms with Gasteiger partial charge in [-0.3, -0.25) is 9.97 Å². The molecule has 0 aliphatic rings. The Balaban J connectivity index is 2.76. The van der Waals surface area contributed by atoms with Gasteiger partial charge in [0.2, 0.25) is 0 Å². The lowest BCUT2D eigenvalue weighted by molar-refractivity contribution is 0.198. The molecular formula is C12H22N2OSi. The van der Waals surface area contributed by atoms with Crippen molar-refractivity contribution in [3.8, 4) is 0 Å². The first-order chi connectivity index (χ1) is 7.24. The second-order valence-electron chi connectivity index (χ2n) is 5.65. The number of aromatic nitrogens is 2. The normalized spacial score (nSPS) is 14.9. The zero-order valence-corrected chi connectivity index (χ0v) is 12.1. The van der Waals surface area contributed by atoms with Crippen LogP contribution in [0.15, 0.2) is 18.6 Å². The van der Waals surface area contributed by atoms with Crippen LogP contribution in [0.3, 0.4) is 0 Å². The molecule has 0 aliphatic heterocycles. The summed E-state index contributed by atoms with van der Waals surface area (Å²) < 4.78 is 6.22. The Morgan fingerprint density at radius 3 is 2.31 bits per heavy atom. The van der Waals surface area contributed by atoms with Crippen LogP contribution in [-0.4, -0.2) is 18.3 Å². The van der Waals surface area contributed by atoms with Crippen molar-refractivity contribution in [2.24, 2.45) is 0 Å². The van der Waals surface area contributed by atoms with E-state index in [4.69, 9.17) is 4.43 Å². The summed E-state index contributed by atoms with van der Waals surface area (Å²) >= 11 is 0. The summed E-state index contributed by atoms with van der Waals surface area (Å²) in [5.74, 6) is 0. The Labute approximate surface area is 99.4 Å². The monoisotopic (exact) mass is 238 g/mol. The van der Waals surface area contributed by atoms with Crippen molar-refractivity contribution in [1.82, 2.24) is 9.97 Å². The standard InChI is InChI=1S/C12H22N2OSi/c1-10(11-9-13-7-8-14-11)15-16(5,6)12(2,3)4/h7-10H,1-6H3. The number of hydrogen-bond donors (Lipinski definition) is 0. The van der Waals surface area contributed by atoms with Crippen LogP contribution in [0.25, 0.3) is 0 Å². The van der Waals surface area contributed by atoms with Crippen LogP contribution in [-0.2, 0) is 4.43 Å². The molecule has 3 nitrogen and oxygen atoms in total. The molecule has 1 atom stereocenters. The van der Waals surface area contributed by atoms with E-state index in [0.29, 0.717) is 0 Å². The molecule has 16 heavy (non-hydrogen) atoms. The van der Waals surface area contributed by atoms with E-state index in [-0.39, 0.29) is 11.1 Å². The molecule has 0 amide bonds. The molecule has 1 aromatic rings. The summed E-state index contributed by atoms with van der Waals surface area (Å²) in [6.07, 6.45) is 5.19. The van der Waals surface area contributed by atoms with Gasteiger partial charge in [-0.2, -0.15) is 0 Å². The van der Waals surface area contributed by atoms with E-state index in [1.165, 1.54) is 0 Å². The van der Waals surface area contributed by atoms with Gasteiger partial charge < -0.3 is 4.43 Å². The number of nitrogens with zero attached hydrogens (tertiary/aromatic N) is 2. The number of hydrogen-bond acceptors (Lipinski definition) is 3. The highest BCUT2D eigenvalue weighted by molar-refractivity contribution is 6.74. The summed E-state index contributed by atoms with van der Waals surface area (Å²) in [4.78, 5) is 8.35. The van der Waals surface area contributed by atoms with Gasteiger partial charge in [-0.15, -0.1) is 0 Å². The number of rotatable bonds is 3. The lowest BCUT2D eigenvalue weighted by Gasteiger charge is -2.38. The fourth-order valence-electron chi connectivity index (χ4n) is 1.20. The molecule has 1 unspecified atom stereocenters. The molecule has 0 saturated heterocycles. The maximum absolute atomic E-state index is 6.22. The molecule has 90 valence electrons. The van der Waals surface area contributed by atoms with Crippen molar-refractivity contribution in [3.05, 3.63) is 24.3 Å². The summed E-state index contributed by atoms with van der Waals surface area (Å²) in [5, 5.41) is 0.226. The maximum atomic E-state index is 6.22. The first-order valence-electron chi connectivity index (χ1n) is 5.68. The molecule has 0 fully saturated rings. The van der Waals surface area contributed by atoms with E-state index in [2.05, 4.69) is 43.8 Å². The Kier molecular flexibility index (Phi) is 3.86. The van der Waals surface area contributed by atoms with Crippen molar-refractivity contribution < 1.29 is 4.43 Å². The van der Waals surface area contributed by atoms with E-state index in [0.717, 1.165) is 5.69 Å². The lowest BCUT2D eigenvalue weighted by Crippen LogP contribution is -2.41. The molecule has 1 heterocycles. The van der Waals surface area contributed by atoms with Gasteiger partial charge in [0.25, 0.3) is 0 Å². The van der Waals surface area contributed by atoms with Gasteiger partial charge in [-0.25, -0.2) is 0 Å². The van der Waals surface area contributed by atoms with Crippen LogP contribution in [0.4, 0.5) is 0 Å². The fraction of sp³-hybridized carbons (Fsp3) is 0.667. The van der Waals surface area contributed by atoms with Gasteiger partial charge in [0.1, 0.15) is 0 Å². The minimum atomic E-state index is -1.72. The minimum absolute atomic E-state index is 0.0228. The second-order valence-corrected chi connectivity index (χ2v) is 10.4. The highest BCUT2D eigenvalue weighted by Crippen LogP contribution is 2.39. The van der Waals surface area contributed by atoms with E-state index in [1.807, 2.05) is 6.92 Å². The first kappa shape index (κ1) is 13.3. The molecule has 1 aromatic heterocycles. The Morgan fingerprint density at radius 2 is 1.88 bits per heavy atom. The SMILES string of the molecule is CC(O[Si](C)(C)C(C)(C)C)c1cnccn1. The molecule has 0 spiro atoms. The van der Waals surface area contributed by atoms with Crippen LogP contribution < -0.4 is 0 Å². The Bertz CT molecular complexity index is 333. The minimum Gasteiger partial charge on any atom is -0.409 e. The van der Waals surface area contributed by atoms with Crippen molar-refractivity contribution >= 4 is 8.32 Å². The third kappa shape index (κ3) is 3.12. The zero-order valence-electron chi connectivity index (χ0n) is 11.1. The van der Waals surface area contributed by atoms with Crippen LogP contribution >= 0.6 is 0 Å². The Morgan fingerprint density at radius 1 is 1.25 bits per heavy atom. The van der Waals surface area contributed by atoms with Crippen molar-refractivity contribution in [3.63, 3.8) is 0 Å². The van der Waals surface area contributed by atoms with Gasteiger partial charge in [0.05, 0.1) is 18.0 Å². The van der Waals surface area contributed by atoms with Crippen molar-refractivity contribution in [2.75, 3.05) is 0 Å². The van der Waals surface area contributed by atoms with E-state index >= 15 is 0 Å². The van der Waals surface area contributed by atoms with E-state index in [9.17, 15) is 0 Å². The molecule has 0 saturated carbocycles. The van der Waals surface area contributed by atoms with Crippen LogP contribution in [0.5, 0.6) is 0 Å². The highest BCUT2D eigenvalue weighted by atomic mass is 28.4. The van der Waals surface area contributed by atoms with Gasteiger partial charge in [0, 0.05) is 12.4 Å². The quantitative estimate of drug-likeness (QED) is 0.755. The summed E-state index contributed by atoms with van der Waals surface area (Å²) in [6, 6.07) is 0. The fourth-order valence-corrected chi connectivity index (χ4v) is 2.56. The Hall–Kier alpha value is -0.743. The third-order valence-corrected chi connectivity index (χ3v) is 7.83. The van der Waals surface area contributed by atoms with E-state index in [1.54, 1.807) is 18.6 Å². The third-order valence-electron chi connectivity index (χ3n) is 3.28. The summed E-state index contributed by atoms with van der Waals surface area (Å²) in [5.41, 5.74) is 0.910. The average Bonchev–Trinajstić information content (AvgIpc) is 2.16. The topological polar surface area (TPSA) is 35.0 Å². The largest absolute Gasteiger partial charge is 0.409 e. The smallest absolute Gasteiger partial charge is 0.192 e. The predicted molar refractivity (Wildman–Crippen MR) is 68.7 cm³/mol. The van der Waals surface area contributed by atoms with Gasteiger partial charge >= 0.3 is 0 Å². The van der Waals surface area contributed by atoms with Crippen molar-refractivity contribution in [2.45, 2.75) is 51.9 Å².